The number of hydrogen-bond acceptors (Lipinski definition) is 1. The lowest BCUT2D eigenvalue weighted by Gasteiger charge is -2.09. The second-order valence-corrected chi connectivity index (χ2v) is 6.01. The summed E-state index contributed by atoms with van der Waals surface area (Å²) in [6.45, 7) is 4.16. The van der Waals surface area contributed by atoms with Crippen molar-refractivity contribution in [3.8, 4) is 11.1 Å². The minimum absolute atomic E-state index is 0.948. The van der Waals surface area contributed by atoms with Crippen LogP contribution in [0.25, 0.3) is 22.8 Å². The number of allylic oxidation sites excluding steroid dienone is 1. The van der Waals surface area contributed by atoms with Gasteiger partial charge >= 0.3 is 0 Å². The molecule has 1 aromatic heterocycles. The Balaban J connectivity index is 1.85. The molecule has 1 heteroatoms. The molecule has 0 fully saturated rings. The van der Waals surface area contributed by atoms with Crippen molar-refractivity contribution in [2.75, 3.05) is 0 Å². The number of furan rings is 1. The molecule has 0 bridgehead atoms. The van der Waals surface area contributed by atoms with Crippen molar-refractivity contribution in [2.45, 2.75) is 20.3 Å². The van der Waals surface area contributed by atoms with Crippen molar-refractivity contribution in [1.82, 2.24) is 0 Å². The predicted octanol–water partition coefficient (Wildman–Crippen LogP) is 5.66. The van der Waals surface area contributed by atoms with Crippen LogP contribution < -0.4 is 0 Å². The Hall–Kier alpha value is -2.54. The molecule has 1 nitrogen and oxygen atoms in total. The molecule has 108 valence electrons. The van der Waals surface area contributed by atoms with Gasteiger partial charge in [-0.2, -0.15) is 0 Å². The van der Waals surface area contributed by atoms with Crippen molar-refractivity contribution in [1.29, 1.82) is 0 Å². The van der Waals surface area contributed by atoms with Gasteiger partial charge < -0.3 is 4.42 Å². The fraction of sp³-hybridized carbons (Fsp3) is 0.143. The molecular weight excluding hydrogens is 268 g/mol. The van der Waals surface area contributed by atoms with Gasteiger partial charge in [0, 0.05) is 6.42 Å². The second-order valence-electron chi connectivity index (χ2n) is 6.01. The SMILES string of the molecule is Cc1cc2c(c(-c3ccccc3)c1)C=C(c1ccc(C)o1)C2. The van der Waals surface area contributed by atoms with Crippen molar-refractivity contribution in [3.05, 3.63) is 82.8 Å². The summed E-state index contributed by atoms with van der Waals surface area (Å²) < 4.78 is 5.81. The first-order valence-corrected chi connectivity index (χ1v) is 7.67. The van der Waals surface area contributed by atoms with Crippen molar-refractivity contribution in [3.63, 3.8) is 0 Å². The van der Waals surface area contributed by atoms with Crippen LogP contribution >= 0.6 is 0 Å². The molecular formula is C21H18O. The standard InChI is InChI=1S/C21H18O/c1-14-10-17-12-18(21-9-8-15(2)22-21)13-20(17)19(11-14)16-6-4-3-5-7-16/h3-11,13H,12H2,1-2H3. The Labute approximate surface area is 130 Å². The summed E-state index contributed by atoms with van der Waals surface area (Å²) in [6.07, 6.45) is 3.24. The molecule has 1 aliphatic carbocycles. The van der Waals surface area contributed by atoms with E-state index < -0.39 is 0 Å². The molecule has 0 aliphatic heterocycles. The Kier molecular flexibility index (Phi) is 3.00. The Morgan fingerprint density at radius 1 is 0.909 bits per heavy atom. The number of aryl methyl sites for hydroxylation is 2. The van der Waals surface area contributed by atoms with Crippen molar-refractivity contribution in [2.24, 2.45) is 0 Å². The van der Waals surface area contributed by atoms with Gasteiger partial charge in [-0.15, -0.1) is 0 Å². The van der Waals surface area contributed by atoms with E-state index in [1.807, 2.05) is 13.0 Å². The Morgan fingerprint density at radius 3 is 2.45 bits per heavy atom. The molecule has 1 aliphatic rings. The summed E-state index contributed by atoms with van der Waals surface area (Å²) in [6, 6.07) is 19.3. The van der Waals surface area contributed by atoms with Crippen LogP contribution in [0.3, 0.4) is 0 Å². The van der Waals surface area contributed by atoms with Crippen LogP contribution in [0.15, 0.2) is 59.0 Å². The molecule has 1 heterocycles. The fourth-order valence-electron chi connectivity index (χ4n) is 3.24. The van der Waals surface area contributed by atoms with E-state index in [0.717, 1.165) is 17.9 Å². The van der Waals surface area contributed by atoms with Crippen LogP contribution in [0.2, 0.25) is 0 Å². The van der Waals surface area contributed by atoms with Crippen LogP contribution in [-0.4, -0.2) is 0 Å². The number of benzene rings is 2. The first-order chi connectivity index (χ1) is 10.7. The molecule has 3 aromatic rings. The van der Waals surface area contributed by atoms with Gasteiger partial charge in [-0.1, -0.05) is 48.0 Å². The predicted molar refractivity (Wildman–Crippen MR) is 91.6 cm³/mol. The third-order valence-electron chi connectivity index (χ3n) is 4.25. The number of fused-ring (bicyclic) bond motifs is 1. The zero-order chi connectivity index (χ0) is 15.1. The van der Waals surface area contributed by atoms with Crippen molar-refractivity contribution >= 4 is 11.6 Å². The lowest BCUT2D eigenvalue weighted by molar-refractivity contribution is 0.521. The Bertz CT molecular complexity index is 866. The third-order valence-corrected chi connectivity index (χ3v) is 4.25. The average Bonchev–Trinajstić information content (AvgIpc) is 3.13. The largest absolute Gasteiger partial charge is 0.462 e. The normalized spacial score (nSPS) is 13.1. The molecule has 0 radical (unpaired) electrons. The monoisotopic (exact) mass is 286 g/mol. The van der Waals surface area contributed by atoms with Crippen LogP contribution in [0.4, 0.5) is 0 Å². The highest BCUT2D eigenvalue weighted by Gasteiger charge is 2.20. The van der Waals surface area contributed by atoms with Crippen molar-refractivity contribution < 1.29 is 4.42 Å². The molecule has 0 unspecified atom stereocenters. The van der Waals surface area contributed by atoms with E-state index in [1.165, 1.54) is 33.4 Å². The van der Waals surface area contributed by atoms with Gasteiger partial charge in [0.2, 0.25) is 0 Å². The first-order valence-electron chi connectivity index (χ1n) is 7.67. The minimum Gasteiger partial charge on any atom is -0.462 e. The third kappa shape index (κ3) is 2.19. The number of rotatable bonds is 2. The molecule has 0 saturated heterocycles. The van der Waals surface area contributed by atoms with Crippen LogP contribution in [0.1, 0.15) is 28.2 Å². The quantitative estimate of drug-likeness (QED) is 0.592. The van der Waals surface area contributed by atoms with Gasteiger partial charge in [0.05, 0.1) is 0 Å². The van der Waals surface area contributed by atoms with Crippen LogP contribution in [0, 0.1) is 13.8 Å². The summed E-state index contributed by atoms with van der Waals surface area (Å²) in [5.41, 5.74) is 7.89. The number of hydrogen-bond donors (Lipinski definition) is 0. The molecule has 0 saturated carbocycles. The minimum atomic E-state index is 0.948. The topological polar surface area (TPSA) is 13.1 Å². The molecule has 0 spiro atoms. The lowest BCUT2D eigenvalue weighted by Crippen LogP contribution is -1.90. The maximum absolute atomic E-state index is 5.81. The summed E-state index contributed by atoms with van der Waals surface area (Å²) in [4.78, 5) is 0. The van der Waals surface area contributed by atoms with E-state index in [1.54, 1.807) is 0 Å². The lowest BCUT2D eigenvalue weighted by atomic mass is 9.95. The highest BCUT2D eigenvalue weighted by atomic mass is 16.3. The van der Waals surface area contributed by atoms with E-state index in [2.05, 4.69) is 61.5 Å². The summed E-state index contributed by atoms with van der Waals surface area (Å²) in [7, 11) is 0. The first kappa shape index (κ1) is 13.1. The Morgan fingerprint density at radius 2 is 1.73 bits per heavy atom. The van der Waals surface area contributed by atoms with Gasteiger partial charge in [-0.25, -0.2) is 0 Å². The fourth-order valence-corrected chi connectivity index (χ4v) is 3.24. The second kappa shape index (κ2) is 5.03. The van der Waals surface area contributed by atoms with E-state index >= 15 is 0 Å². The maximum Gasteiger partial charge on any atom is 0.130 e. The van der Waals surface area contributed by atoms with Crippen LogP contribution in [-0.2, 0) is 6.42 Å². The molecule has 0 atom stereocenters. The average molecular weight is 286 g/mol. The van der Waals surface area contributed by atoms with E-state index in [4.69, 9.17) is 4.42 Å². The molecule has 0 amide bonds. The summed E-state index contributed by atoms with van der Waals surface area (Å²) in [5.74, 6) is 1.96. The van der Waals surface area contributed by atoms with E-state index in [9.17, 15) is 0 Å². The zero-order valence-electron chi connectivity index (χ0n) is 12.9. The van der Waals surface area contributed by atoms with Gasteiger partial charge in [0.1, 0.15) is 11.5 Å². The van der Waals surface area contributed by atoms with Gasteiger partial charge in [0.15, 0.2) is 0 Å². The van der Waals surface area contributed by atoms with Crippen LogP contribution in [0.5, 0.6) is 0 Å². The molecule has 22 heavy (non-hydrogen) atoms. The van der Waals surface area contributed by atoms with E-state index in [0.29, 0.717) is 0 Å². The van der Waals surface area contributed by atoms with Gasteiger partial charge in [0.25, 0.3) is 0 Å². The maximum atomic E-state index is 5.81. The van der Waals surface area contributed by atoms with Gasteiger partial charge in [-0.05, 0) is 59.9 Å². The zero-order valence-corrected chi connectivity index (χ0v) is 12.9. The molecule has 2 aromatic carbocycles. The summed E-state index contributed by atoms with van der Waals surface area (Å²) >= 11 is 0. The summed E-state index contributed by atoms with van der Waals surface area (Å²) in [5, 5.41) is 0. The molecule has 0 N–H and O–H groups in total. The highest BCUT2D eigenvalue weighted by Crippen LogP contribution is 2.38. The highest BCUT2D eigenvalue weighted by molar-refractivity contribution is 5.93. The van der Waals surface area contributed by atoms with E-state index in [-0.39, 0.29) is 0 Å². The van der Waals surface area contributed by atoms with Gasteiger partial charge in [-0.3, -0.25) is 0 Å². The smallest absolute Gasteiger partial charge is 0.130 e. The molecule has 4 rings (SSSR count).